The van der Waals surface area contributed by atoms with E-state index in [9.17, 15) is 4.79 Å². The van der Waals surface area contributed by atoms with Gasteiger partial charge in [0.1, 0.15) is 0 Å². The molecule has 0 aliphatic carbocycles. The van der Waals surface area contributed by atoms with Crippen molar-refractivity contribution < 1.29 is 14.3 Å². The summed E-state index contributed by atoms with van der Waals surface area (Å²) in [7, 11) is 0. The zero-order valence-electron chi connectivity index (χ0n) is 19.2. The van der Waals surface area contributed by atoms with Gasteiger partial charge in [0.2, 0.25) is 5.13 Å². The number of unbranched alkanes of at least 4 members (excludes halogenated alkanes) is 6. The first-order chi connectivity index (χ1) is 15.0. The number of aryl methyl sites for hydroxylation is 1. The average molecular weight is 446 g/mol. The highest BCUT2D eigenvalue weighted by Crippen LogP contribution is 2.28. The molecule has 2 aromatic rings. The molecule has 1 N–H and O–H groups in total. The van der Waals surface area contributed by atoms with E-state index < -0.39 is 0 Å². The summed E-state index contributed by atoms with van der Waals surface area (Å²) in [4.78, 5) is 16.5. The van der Waals surface area contributed by atoms with Crippen LogP contribution in [0, 0.1) is 6.92 Å². The molecule has 0 unspecified atom stereocenters. The smallest absolute Gasteiger partial charge is 0.204 e. The van der Waals surface area contributed by atoms with Crippen LogP contribution in [0.3, 0.4) is 0 Å². The van der Waals surface area contributed by atoms with Crippen LogP contribution in [0.2, 0.25) is 0 Å². The topological polar surface area (TPSA) is 72.8 Å². The van der Waals surface area contributed by atoms with E-state index in [4.69, 9.17) is 9.47 Å². The van der Waals surface area contributed by atoms with Crippen molar-refractivity contribution >= 4 is 28.5 Å². The van der Waals surface area contributed by atoms with Gasteiger partial charge in [0.05, 0.1) is 30.0 Å². The number of ether oxygens (including phenoxy) is 2. The molecular formula is C24H35N3O3S. The average Bonchev–Trinajstić information content (AvgIpc) is 3.12. The fourth-order valence-electron chi connectivity index (χ4n) is 3.17. The molecule has 0 aliphatic rings. The zero-order valence-corrected chi connectivity index (χ0v) is 20.0. The third-order valence-corrected chi connectivity index (χ3v) is 5.93. The highest BCUT2D eigenvalue weighted by molar-refractivity contribution is 7.17. The van der Waals surface area contributed by atoms with Crippen molar-refractivity contribution in [1.82, 2.24) is 4.98 Å². The number of hydrogen-bond acceptors (Lipinski definition) is 7. The van der Waals surface area contributed by atoms with Gasteiger partial charge in [-0.1, -0.05) is 56.8 Å². The number of rotatable bonds is 15. The lowest BCUT2D eigenvalue weighted by Crippen LogP contribution is -2.02. The Morgan fingerprint density at radius 2 is 1.84 bits per heavy atom. The molecule has 7 heteroatoms. The van der Waals surface area contributed by atoms with E-state index in [1.54, 1.807) is 13.1 Å². The molecule has 0 aliphatic heterocycles. The molecule has 0 bridgehead atoms. The summed E-state index contributed by atoms with van der Waals surface area (Å²) in [6.45, 7) is 8.83. The summed E-state index contributed by atoms with van der Waals surface area (Å²) in [5.41, 5.74) is 4.50. The first-order valence-corrected chi connectivity index (χ1v) is 12.0. The van der Waals surface area contributed by atoms with Crippen LogP contribution in [0.4, 0.5) is 5.13 Å². The first-order valence-electron chi connectivity index (χ1n) is 11.2. The van der Waals surface area contributed by atoms with Crippen LogP contribution in [-0.2, 0) is 0 Å². The van der Waals surface area contributed by atoms with Gasteiger partial charge in [-0.05, 0) is 44.0 Å². The largest absolute Gasteiger partial charge is 0.490 e. The summed E-state index contributed by atoms with van der Waals surface area (Å²) in [5.74, 6) is 1.50. The van der Waals surface area contributed by atoms with Crippen molar-refractivity contribution in [3.05, 3.63) is 34.3 Å². The van der Waals surface area contributed by atoms with Crippen LogP contribution >= 0.6 is 11.3 Å². The van der Waals surface area contributed by atoms with Gasteiger partial charge in [0.15, 0.2) is 17.3 Å². The number of benzene rings is 1. The number of hydrogen-bond donors (Lipinski definition) is 1. The van der Waals surface area contributed by atoms with E-state index >= 15 is 0 Å². The van der Waals surface area contributed by atoms with Gasteiger partial charge in [-0.25, -0.2) is 4.98 Å². The minimum Gasteiger partial charge on any atom is -0.490 e. The van der Waals surface area contributed by atoms with Gasteiger partial charge in [-0.15, -0.1) is 0 Å². The van der Waals surface area contributed by atoms with Crippen molar-refractivity contribution in [3.63, 3.8) is 0 Å². The number of carbonyl (C=O) groups is 1. The number of ketones is 1. The number of aromatic nitrogens is 1. The second-order valence-electron chi connectivity index (χ2n) is 7.47. The van der Waals surface area contributed by atoms with E-state index in [-0.39, 0.29) is 5.78 Å². The predicted octanol–water partition coefficient (Wildman–Crippen LogP) is 6.63. The van der Waals surface area contributed by atoms with Crippen LogP contribution in [0.15, 0.2) is 23.3 Å². The molecule has 1 aromatic carbocycles. The quantitative estimate of drug-likeness (QED) is 0.144. The van der Waals surface area contributed by atoms with Gasteiger partial charge in [0.25, 0.3) is 0 Å². The van der Waals surface area contributed by atoms with E-state index in [2.05, 4.69) is 22.4 Å². The Balaban J connectivity index is 1.86. The van der Waals surface area contributed by atoms with Crippen LogP contribution in [0.25, 0.3) is 0 Å². The molecule has 1 aromatic heterocycles. The first kappa shape index (κ1) is 24.9. The molecule has 0 fully saturated rings. The second-order valence-corrected chi connectivity index (χ2v) is 8.47. The Hall–Kier alpha value is -2.41. The van der Waals surface area contributed by atoms with E-state index in [1.807, 2.05) is 32.0 Å². The fraction of sp³-hybridized carbons (Fsp3) is 0.542. The number of anilines is 1. The standard InChI is InChI=1S/C24H35N3O3S/c1-5-7-8-9-10-11-12-15-30-21-14-13-20(16-22(21)29-6-2)17-25-27-24-26-18(3)23(31-24)19(4)28/h13-14,16-17H,5-12,15H2,1-4H3,(H,26,27)/b25-17-. The molecule has 0 saturated carbocycles. The lowest BCUT2D eigenvalue weighted by atomic mass is 10.1. The normalized spacial score (nSPS) is 11.1. The summed E-state index contributed by atoms with van der Waals surface area (Å²) in [6, 6.07) is 5.79. The van der Waals surface area contributed by atoms with Crippen molar-refractivity contribution in [1.29, 1.82) is 0 Å². The Morgan fingerprint density at radius 3 is 2.52 bits per heavy atom. The molecule has 0 saturated heterocycles. The van der Waals surface area contributed by atoms with Gasteiger partial charge in [0, 0.05) is 6.92 Å². The predicted molar refractivity (Wildman–Crippen MR) is 129 cm³/mol. The molecule has 31 heavy (non-hydrogen) atoms. The molecular weight excluding hydrogens is 410 g/mol. The Labute approximate surface area is 190 Å². The van der Waals surface area contributed by atoms with E-state index in [0.29, 0.717) is 23.2 Å². The van der Waals surface area contributed by atoms with Crippen LogP contribution < -0.4 is 14.9 Å². The van der Waals surface area contributed by atoms with Crippen molar-refractivity contribution in [2.75, 3.05) is 18.6 Å². The lowest BCUT2D eigenvalue weighted by molar-refractivity contribution is 0.102. The van der Waals surface area contributed by atoms with Crippen LogP contribution in [0.5, 0.6) is 11.5 Å². The minimum atomic E-state index is 0.0143. The second kappa shape index (κ2) is 13.8. The van der Waals surface area contributed by atoms with Gasteiger partial charge in [-0.2, -0.15) is 5.10 Å². The molecule has 0 amide bonds. The fourth-order valence-corrected chi connectivity index (χ4v) is 3.98. The van der Waals surface area contributed by atoms with Gasteiger partial charge in [-0.3, -0.25) is 10.2 Å². The Kier molecular flexibility index (Phi) is 11.1. The lowest BCUT2D eigenvalue weighted by Gasteiger charge is -2.12. The highest BCUT2D eigenvalue weighted by Gasteiger charge is 2.11. The van der Waals surface area contributed by atoms with Crippen molar-refractivity contribution in [2.24, 2.45) is 5.10 Å². The van der Waals surface area contributed by atoms with Gasteiger partial charge < -0.3 is 9.47 Å². The highest BCUT2D eigenvalue weighted by atomic mass is 32.1. The molecule has 170 valence electrons. The minimum absolute atomic E-state index is 0.0143. The SMILES string of the molecule is CCCCCCCCCOc1ccc(/C=N\Nc2nc(C)c(C(C)=O)s2)cc1OCC. The molecule has 0 radical (unpaired) electrons. The summed E-state index contributed by atoms with van der Waals surface area (Å²) in [6.07, 6.45) is 10.5. The Morgan fingerprint density at radius 1 is 1.10 bits per heavy atom. The molecule has 0 atom stereocenters. The summed E-state index contributed by atoms with van der Waals surface area (Å²) in [5, 5.41) is 4.83. The number of hydrazone groups is 1. The number of nitrogens with one attached hydrogen (secondary N) is 1. The monoisotopic (exact) mass is 445 g/mol. The number of Topliss-reactive ketones (excluding diaryl/α,β-unsaturated/α-hetero) is 1. The number of carbonyl (C=O) groups excluding carboxylic acids is 1. The van der Waals surface area contributed by atoms with Gasteiger partial charge >= 0.3 is 0 Å². The van der Waals surface area contributed by atoms with E-state index in [1.165, 1.54) is 49.9 Å². The van der Waals surface area contributed by atoms with Crippen LogP contribution in [-0.4, -0.2) is 30.2 Å². The Bertz CT molecular complexity index is 849. The third-order valence-electron chi connectivity index (χ3n) is 4.76. The third kappa shape index (κ3) is 8.69. The maximum absolute atomic E-state index is 11.5. The molecule has 2 rings (SSSR count). The summed E-state index contributed by atoms with van der Waals surface area (Å²) < 4.78 is 11.7. The maximum atomic E-state index is 11.5. The molecule has 6 nitrogen and oxygen atoms in total. The van der Waals surface area contributed by atoms with E-state index in [0.717, 1.165) is 29.2 Å². The molecule has 1 heterocycles. The molecule has 0 spiro atoms. The van der Waals surface area contributed by atoms with Crippen molar-refractivity contribution in [2.45, 2.75) is 72.6 Å². The van der Waals surface area contributed by atoms with Crippen LogP contribution in [0.1, 0.15) is 86.6 Å². The van der Waals surface area contributed by atoms with Crippen molar-refractivity contribution in [3.8, 4) is 11.5 Å². The number of nitrogens with zero attached hydrogens (tertiary/aromatic N) is 2. The number of thiazole rings is 1. The summed E-state index contributed by atoms with van der Waals surface area (Å²) >= 11 is 1.30. The zero-order chi connectivity index (χ0) is 22.5. The maximum Gasteiger partial charge on any atom is 0.204 e.